The van der Waals surface area contributed by atoms with Gasteiger partial charge in [0.1, 0.15) is 23.1 Å². The number of aromatic nitrogens is 1. The fraction of sp³-hybridized carbons (Fsp3) is 0.308. The van der Waals surface area contributed by atoms with Gasteiger partial charge < -0.3 is 15.2 Å². The first kappa shape index (κ1) is 12.9. The lowest BCUT2D eigenvalue weighted by atomic mass is 10.3. The molecule has 1 heterocycles. The van der Waals surface area contributed by atoms with Crippen LogP contribution in [0.25, 0.3) is 0 Å². The third-order valence-electron chi connectivity index (χ3n) is 2.28. The Kier molecular flexibility index (Phi) is 4.55. The molecule has 1 aromatic heterocycles. The summed E-state index contributed by atoms with van der Waals surface area (Å²) in [5, 5.41) is 0.928. The summed E-state index contributed by atoms with van der Waals surface area (Å²) in [4.78, 5) is 5.31. The minimum atomic E-state index is 0.459. The van der Waals surface area contributed by atoms with E-state index in [1.54, 1.807) is 17.5 Å². The number of hydrogen-bond acceptors (Lipinski definition) is 5. The van der Waals surface area contributed by atoms with Gasteiger partial charge >= 0.3 is 0 Å². The van der Waals surface area contributed by atoms with Crippen LogP contribution in [0.15, 0.2) is 30.5 Å². The van der Waals surface area contributed by atoms with Gasteiger partial charge in [0.15, 0.2) is 0 Å². The normalized spacial score (nSPS) is 10.3. The van der Waals surface area contributed by atoms with Crippen molar-refractivity contribution in [2.24, 2.45) is 5.73 Å². The van der Waals surface area contributed by atoms with Crippen molar-refractivity contribution < 1.29 is 9.47 Å². The maximum atomic E-state index is 5.66. The van der Waals surface area contributed by atoms with E-state index in [1.165, 1.54) is 0 Å². The molecule has 1 aromatic carbocycles. The third-order valence-corrected chi connectivity index (χ3v) is 3.27. The second kappa shape index (κ2) is 6.37. The minimum absolute atomic E-state index is 0.459. The molecule has 0 atom stereocenters. The summed E-state index contributed by atoms with van der Waals surface area (Å²) < 4.78 is 11.1. The van der Waals surface area contributed by atoms with E-state index >= 15 is 0 Å². The molecular weight excluding hydrogens is 248 g/mol. The Morgan fingerprint density at radius 1 is 1.28 bits per heavy atom. The van der Waals surface area contributed by atoms with Crippen molar-refractivity contribution in [2.45, 2.75) is 20.1 Å². The van der Waals surface area contributed by atoms with E-state index in [1.807, 2.05) is 31.2 Å². The molecule has 0 saturated heterocycles. The Morgan fingerprint density at radius 3 is 2.72 bits per heavy atom. The van der Waals surface area contributed by atoms with Crippen LogP contribution in [0, 0.1) is 0 Å². The summed E-state index contributed by atoms with van der Waals surface area (Å²) in [5.74, 6) is 1.60. The molecule has 2 N–H and O–H groups in total. The van der Waals surface area contributed by atoms with Gasteiger partial charge in [-0.05, 0) is 19.1 Å². The quantitative estimate of drug-likeness (QED) is 0.871. The molecule has 2 aromatic rings. The van der Waals surface area contributed by atoms with E-state index in [0.717, 1.165) is 21.4 Å². The second-order valence-electron chi connectivity index (χ2n) is 3.62. The van der Waals surface area contributed by atoms with Crippen molar-refractivity contribution in [1.29, 1.82) is 0 Å². The van der Waals surface area contributed by atoms with Gasteiger partial charge in [-0.2, -0.15) is 0 Å². The van der Waals surface area contributed by atoms with Gasteiger partial charge in [0.2, 0.25) is 0 Å². The lowest BCUT2D eigenvalue weighted by molar-refractivity contribution is 0.299. The zero-order valence-electron chi connectivity index (χ0n) is 10.3. The molecule has 5 heteroatoms. The predicted octanol–water partition coefficient (Wildman–Crippen LogP) is 2.58. The Morgan fingerprint density at radius 2 is 2.06 bits per heavy atom. The molecular formula is C13H16N2O2S. The zero-order chi connectivity index (χ0) is 12.8. The van der Waals surface area contributed by atoms with Gasteiger partial charge in [0.05, 0.1) is 6.61 Å². The standard InChI is InChI=1S/C13H16N2O2S/c1-2-16-10-4-3-5-11(6-10)17-9-13-15-8-12(7-14)18-13/h3-6,8H,2,7,9,14H2,1H3. The van der Waals surface area contributed by atoms with Gasteiger partial charge in [-0.15, -0.1) is 11.3 Å². The number of rotatable bonds is 6. The van der Waals surface area contributed by atoms with Crippen LogP contribution in [0.1, 0.15) is 16.8 Å². The van der Waals surface area contributed by atoms with E-state index in [4.69, 9.17) is 15.2 Å². The fourth-order valence-corrected chi connectivity index (χ4v) is 2.19. The molecule has 0 aliphatic rings. The van der Waals surface area contributed by atoms with Crippen molar-refractivity contribution in [2.75, 3.05) is 6.61 Å². The van der Waals surface area contributed by atoms with E-state index in [-0.39, 0.29) is 0 Å². The molecule has 0 fully saturated rings. The van der Waals surface area contributed by atoms with Crippen LogP contribution in [0.5, 0.6) is 11.5 Å². The van der Waals surface area contributed by atoms with Crippen LogP contribution < -0.4 is 15.2 Å². The van der Waals surface area contributed by atoms with Crippen molar-refractivity contribution in [3.8, 4) is 11.5 Å². The molecule has 0 aliphatic heterocycles. The summed E-state index contributed by atoms with van der Waals surface area (Å²) in [7, 11) is 0. The van der Waals surface area contributed by atoms with Crippen molar-refractivity contribution in [1.82, 2.24) is 4.98 Å². The van der Waals surface area contributed by atoms with Crippen molar-refractivity contribution in [3.05, 3.63) is 40.3 Å². The minimum Gasteiger partial charge on any atom is -0.494 e. The third kappa shape index (κ3) is 3.45. The van der Waals surface area contributed by atoms with Crippen LogP contribution in [0.2, 0.25) is 0 Å². The van der Waals surface area contributed by atoms with Crippen LogP contribution in [-0.2, 0) is 13.2 Å². The van der Waals surface area contributed by atoms with E-state index in [0.29, 0.717) is 19.8 Å². The molecule has 18 heavy (non-hydrogen) atoms. The monoisotopic (exact) mass is 264 g/mol. The topological polar surface area (TPSA) is 57.4 Å². The first-order valence-corrected chi connectivity index (χ1v) is 6.62. The smallest absolute Gasteiger partial charge is 0.140 e. The summed E-state index contributed by atoms with van der Waals surface area (Å²) in [5.41, 5.74) is 5.54. The van der Waals surface area contributed by atoms with Crippen LogP contribution in [-0.4, -0.2) is 11.6 Å². The van der Waals surface area contributed by atoms with Crippen LogP contribution in [0.4, 0.5) is 0 Å². The highest BCUT2D eigenvalue weighted by molar-refractivity contribution is 7.11. The zero-order valence-corrected chi connectivity index (χ0v) is 11.1. The first-order chi connectivity index (χ1) is 8.81. The lowest BCUT2D eigenvalue weighted by Crippen LogP contribution is -1.96. The molecule has 0 bridgehead atoms. The summed E-state index contributed by atoms with van der Waals surface area (Å²) in [6, 6.07) is 7.60. The average Bonchev–Trinajstić information content (AvgIpc) is 2.85. The maximum absolute atomic E-state index is 5.66. The van der Waals surface area contributed by atoms with Gasteiger partial charge in [0.25, 0.3) is 0 Å². The maximum Gasteiger partial charge on any atom is 0.140 e. The number of hydrogen-bond donors (Lipinski definition) is 1. The average molecular weight is 264 g/mol. The highest BCUT2D eigenvalue weighted by Gasteiger charge is 2.02. The molecule has 0 aliphatic carbocycles. The van der Waals surface area contributed by atoms with Gasteiger partial charge in [-0.3, -0.25) is 0 Å². The SMILES string of the molecule is CCOc1cccc(OCc2ncc(CN)s2)c1. The Labute approximate surface area is 110 Å². The molecule has 0 unspecified atom stereocenters. The van der Waals surface area contributed by atoms with Crippen molar-refractivity contribution in [3.63, 3.8) is 0 Å². The van der Waals surface area contributed by atoms with E-state index in [2.05, 4.69) is 4.98 Å². The Balaban J connectivity index is 1.94. The van der Waals surface area contributed by atoms with Gasteiger partial charge in [-0.1, -0.05) is 6.07 Å². The largest absolute Gasteiger partial charge is 0.494 e. The number of thiazole rings is 1. The number of nitrogens with zero attached hydrogens (tertiary/aromatic N) is 1. The van der Waals surface area contributed by atoms with Gasteiger partial charge in [0, 0.05) is 23.7 Å². The molecule has 0 spiro atoms. The summed E-state index contributed by atoms with van der Waals surface area (Å²) in [6.45, 7) is 3.59. The van der Waals surface area contributed by atoms with Crippen LogP contribution in [0.3, 0.4) is 0 Å². The molecule has 2 rings (SSSR count). The van der Waals surface area contributed by atoms with Gasteiger partial charge in [-0.25, -0.2) is 4.98 Å². The molecule has 4 nitrogen and oxygen atoms in total. The van der Waals surface area contributed by atoms with E-state index < -0.39 is 0 Å². The second-order valence-corrected chi connectivity index (χ2v) is 4.82. The number of benzene rings is 1. The Bertz CT molecular complexity index is 499. The van der Waals surface area contributed by atoms with E-state index in [9.17, 15) is 0 Å². The Hall–Kier alpha value is -1.59. The fourth-order valence-electron chi connectivity index (χ4n) is 1.47. The number of nitrogens with two attached hydrogens (primary N) is 1. The highest BCUT2D eigenvalue weighted by Crippen LogP contribution is 2.21. The highest BCUT2D eigenvalue weighted by atomic mass is 32.1. The number of ether oxygens (including phenoxy) is 2. The summed E-state index contributed by atoms with van der Waals surface area (Å²) in [6.07, 6.45) is 1.79. The first-order valence-electron chi connectivity index (χ1n) is 5.81. The summed E-state index contributed by atoms with van der Waals surface area (Å²) >= 11 is 1.57. The van der Waals surface area contributed by atoms with Crippen LogP contribution >= 0.6 is 11.3 Å². The molecule has 0 amide bonds. The van der Waals surface area contributed by atoms with Crippen molar-refractivity contribution >= 4 is 11.3 Å². The molecule has 0 radical (unpaired) electrons. The molecule has 0 saturated carbocycles. The predicted molar refractivity (Wildman–Crippen MR) is 71.9 cm³/mol. The lowest BCUT2D eigenvalue weighted by Gasteiger charge is -2.07. The molecule has 96 valence electrons.